The van der Waals surface area contributed by atoms with Gasteiger partial charge in [0.2, 0.25) is 0 Å². The highest BCUT2D eigenvalue weighted by atomic mass is 19.1. The van der Waals surface area contributed by atoms with Gasteiger partial charge in [-0.3, -0.25) is 4.99 Å². The lowest BCUT2D eigenvalue weighted by molar-refractivity contribution is 0.269. The maximum atomic E-state index is 14.0. The standard InChI is InChI=1S/C21H36FN5/c1-5-23-21(24-12-8-9-13-25(4)18(2)3)27-16-14-26(15-17-27)20-11-7-6-10-19(20)22/h6-7,10-11,18H,5,8-9,12-17H2,1-4H3,(H,23,24). The Labute approximate surface area is 164 Å². The summed E-state index contributed by atoms with van der Waals surface area (Å²) in [6, 6.07) is 7.62. The van der Waals surface area contributed by atoms with Crippen LogP contribution in [-0.2, 0) is 0 Å². The van der Waals surface area contributed by atoms with E-state index in [1.54, 1.807) is 6.07 Å². The van der Waals surface area contributed by atoms with Crippen LogP contribution in [0.2, 0.25) is 0 Å². The summed E-state index contributed by atoms with van der Waals surface area (Å²) in [6.45, 7) is 12.7. The first-order chi connectivity index (χ1) is 13.0. The average molecular weight is 378 g/mol. The number of unbranched alkanes of at least 4 members (excludes halogenated alkanes) is 1. The molecule has 152 valence electrons. The molecule has 0 spiro atoms. The predicted octanol–water partition coefficient (Wildman–Crippen LogP) is 3.03. The maximum Gasteiger partial charge on any atom is 0.194 e. The van der Waals surface area contributed by atoms with Crippen molar-refractivity contribution in [2.75, 3.05) is 57.8 Å². The van der Waals surface area contributed by atoms with E-state index in [0.29, 0.717) is 11.7 Å². The summed E-state index contributed by atoms with van der Waals surface area (Å²) >= 11 is 0. The molecule has 5 nitrogen and oxygen atoms in total. The first-order valence-corrected chi connectivity index (χ1v) is 10.3. The number of benzene rings is 1. The zero-order valence-electron chi connectivity index (χ0n) is 17.4. The molecule has 1 aliphatic heterocycles. The lowest BCUT2D eigenvalue weighted by Gasteiger charge is -2.37. The number of piperazine rings is 1. The summed E-state index contributed by atoms with van der Waals surface area (Å²) in [5.41, 5.74) is 0.702. The third-order valence-corrected chi connectivity index (χ3v) is 5.17. The molecule has 0 saturated carbocycles. The molecule has 1 N–H and O–H groups in total. The Hall–Kier alpha value is -1.82. The van der Waals surface area contributed by atoms with Crippen LogP contribution in [0.25, 0.3) is 0 Å². The molecule has 1 aromatic rings. The third-order valence-electron chi connectivity index (χ3n) is 5.17. The van der Waals surface area contributed by atoms with Gasteiger partial charge in [-0.2, -0.15) is 0 Å². The monoisotopic (exact) mass is 377 g/mol. The second kappa shape index (κ2) is 11.1. The molecule has 0 unspecified atom stereocenters. The topological polar surface area (TPSA) is 34.1 Å². The molecule has 0 amide bonds. The van der Waals surface area contributed by atoms with Gasteiger partial charge in [-0.05, 0) is 59.3 Å². The van der Waals surface area contributed by atoms with Gasteiger partial charge in [0.1, 0.15) is 5.82 Å². The summed E-state index contributed by atoms with van der Waals surface area (Å²) in [5, 5.41) is 3.41. The molecule has 0 aliphatic carbocycles. The molecule has 1 fully saturated rings. The number of rotatable bonds is 8. The van der Waals surface area contributed by atoms with E-state index >= 15 is 0 Å². The fraction of sp³-hybridized carbons (Fsp3) is 0.667. The molecule has 0 atom stereocenters. The van der Waals surface area contributed by atoms with Crippen molar-refractivity contribution >= 4 is 11.6 Å². The molecule has 2 rings (SSSR count). The molecular weight excluding hydrogens is 341 g/mol. The predicted molar refractivity (Wildman–Crippen MR) is 113 cm³/mol. The van der Waals surface area contributed by atoms with Crippen LogP contribution in [0.5, 0.6) is 0 Å². The number of para-hydroxylation sites is 1. The normalized spacial score (nSPS) is 15.7. The highest BCUT2D eigenvalue weighted by Crippen LogP contribution is 2.20. The Bertz CT molecular complexity index is 582. The van der Waals surface area contributed by atoms with Gasteiger partial charge >= 0.3 is 0 Å². The molecule has 1 heterocycles. The summed E-state index contributed by atoms with van der Waals surface area (Å²) in [5.74, 6) is 0.848. The van der Waals surface area contributed by atoms with Crippen molar-refractivity contribution in [2.45, 2.75) is 39.7 Å². The molecule has 0 aromatic heterocycles. The van der Waals surface area contributed by atoms with Crippen molar-refractivity contribution in [1.82, 2.24) is 15.1 Å². The van der Waals surface area contributed by atoms with Crippen LogP contribution >= 0.6 is 0 Å². The van der Waals surface area contributed by atoms with Gasteiger partial charge in [-0.15, -0.1) is 0 Å². The van der Waals surface area contributed by atoms with Gasteiger partial charge in [-0.1, -0.05) is 12.1 Å². The van der Waals surface area contributed by atoms with Crippen LogP contribution < -0.4 is 10.2 Å². The molecule has 0 radical (unpaired) electrons. The van der Waals surface area contributed by atoms with E-state index in [9.17, 15) is 4.39 Å². The minimum Gasteiger partial charge on any atom is -0.366 e. The number of halogens is 1. The van der Waals surface area contributed by atoms with E-state index in [4.69, 9.17) is 4.99 Å². The van der Waals surface area contributed by atoms with Crippen LogP contribution in [0.15, 0.2) is 29.3 Å². The van der Waals surface area contributed by atoms with E-state index in [0.717, 1.165) is 58.2 Å². The first-order valence-electron chi connectivity index (χ1n) is 10.3. The molecule has 6 heteroatoms. The van der Waals surface area contributed by atoms with Gasteiger partial charge < -0.3 is 20.0 Å². The van der Waals surface area contributed by atoms with Crippen LogP contribution in [0, 0.1) is 5.82 Å². The smallest absolute Gasteiger partial charge is 0.194 e. The Morgan fingerprint density at radius 2 is 1.89 bits per heavy atom. The van der Waals surface area contributed by atoms with E-state index in [1.165, 1.54) is 12.5 Å². The summed E-state index contributed by atoms with van der Waals surface area (Å²) in [4.78, 5) is 11.6. The Morgan fingerprint density at radius 1 is 1.19 bits per heavy atom. The highest BCUT2D eigenvalue weighted by molar-refractivity contribution is 5.80. The van der Waals surface area contributed by atoms with Gasteiger partial charge in [-0.25, -0.2) is 4.39 Å². The lowest BCUT2D eigenvalue weighted by atomic mass is 10.2. The molecular formula is C21H36FN5. The Kier molecular flexibility index (Phi) is 8.85. The average Bonchev–Trinajstić information content (AvgIpc) is 2.67. The van der Waals surface area contributed by atoms with Crippen LogP contribution in [0.1, 0.15) is 33.6 Å². The summed E-state index contributed by atoms with van der Waals surface area (Å²) in [7, 11) is 2.17. The summed E-state index contributed by atoms with van der Waals surface area (Å²) in [6.07, 6.45) is 2.26. The number of anilines is 1. The number of nitrogens with one attached hydrogen (secondary N) is 1. The zero-order chi connectivity index (χ0) is 19.6. The second-order valence-electron chi connectivity index (χ2n) is 7.44. The molecule has 1 aromatic carbocycles. The fourth-order valence-corrected chi connectivity index (χ4v) is 3.21. The SMILES string of the molecule is CCNC(=NCCCCN(C)C(C)C)N1CCN(c2ccccc2F)CC1. The van der Waals surface area contributed by atoms with E-state index < -0.39 is 0 Å². The minimum atomic E-state index is -0.141. The van der Waals surface area contributed by atoms with E-state index in [-0.39, 0.29) is 5.82 Å². The maximum absolute atomic E-state index is 14.0. The van der Waals surface area contributed by atoms with Gasteiger partial charge in [0.05, 0.1) is 5.69 Å². The third kappa shape index (κ3) is 6.69. The van der Waals surface area contributed by atoms with Gasteiger partial charge in [0.25, 0.3) is 0 Å². The molecule has 1 aliphatic rings. The van der Waals surface area contributed by atoms with Gasteiger partial charge in [0, 0.05) is 45.3 Å². The quantitative estimate of drug-likeness (QED) is 0.429. The van der Waals surface area contributed by atoms with Crippen molar-refractivity contribution in [1.29, 1.82) is 0 Å². The molecule has 0 bridgehead atoms. The number of hydrogen-bond donors (Lipinski definition) is 1. The first kappa shape index (κ1) is 21.5. The number of guanidine groups is 1. The van der Waals surface area contributed by atoms with Crippen molar-refractivity contribution in [3.8, 4) is 0 Å². The van der Waals surface area contributed by atoms with Crippen LogP contribution in [0.3, 0.4) is 0 Å². The zero-order valence-corrected chi connectivity index (χ0v) is 17.4. The Balaban J connectivity index is 1.82. The van der Waals surface area contributed by atoms with Gasteiger partial charge in [0.15, 0.2) is 5.96 Å². The Morgan fingerprint density at radius 3 is 2.52 bits per heavy atom. The van der Waals surface area contributed by atoms with E-state index in [1.807, 2.05) is 12.1 Å². The largest absolute Gasteiger partial charge is 0.366 e. The van der Waals surface area contributed by atoms with Crippen molar-refractivity contribution in [3.63, 3.8) is 0 Å². The lowest BCUT2D eigenvalue weighted by Crippen LogP contribution is -2.52. The molecule has 1 saturated heterocycles. The van der Waals surface area contributed by atoms with Crippen molar-refractivity contribution in [3.05, 3.63) is 30.1 Å². The fourth-order valence-electron chi connectivity index (χ4n) is 3.21. The molecule has 27 heavy (non-hydrogen) atoms. The highest BCUT2D eigenvalue weighted by Gasteiger charge is 2.21. The number of aliphatic imine (C=N–C) groups is 1. The van der Waals surface area contributed by atoms with Crippen molar-refractivity contribution in [2.24, 2.45) is 4.99 Å². The number of hydrogen-bond acceptors (Lipinski definition) is 3. The minimum absolute atomic E-state index is 0.141. The second-order valence-corrected chi connectivity index (χ2v) is 7.44. The van der Waals surface area contributed by atoms with Crippen LogP contribution in [0.4, 0.5) is 10.1 Å². The van der Waals surface area contributed by atoms with Crippen molar-refractivity contribution < 1.29 is 4.39 Å². The van der Waals surface area contributed by atoms with Crippen LogP contribution in [-0.4, -0.2) is 74.7 Å². The summed E-state index contributed by atoms with van der Waals surface area (Å²) < 4.78 is 14.0. The number of nitrogens with zero attached hydrogens (tertiary/aromatic N) is 4. The van der Waals surface area contributed by atoms with E-state index in [2.05, 4.69) is 47.8 Å².